The number of ether oxygens (including phenoxy) is 1. The lowest BCUT2D eigenvalue weighted by Crippen LogP contribution is -2.24. The van der Waals surface area contributed by atoms with Crippen LogP contribution in [0.2, 0.25) is 0 Å². The summed E-state index contributed by atoms with van der Waals surface area (Å²) in [6.45, 7) is 1.65. The lowest BCUT2D eigenvalue weighted by atomic mass is 9.92. The lowest BCUT2D eigenvalue weighted by molar-refractivity contribution is -0.384. The van der Waals surface area contributed by atoms with Crippen molar-refractivity contribution in [2.45, 2.75) is 19.4 Å². The topological polar surface area (TPSA) is 102 Å². The standard InChI is InChI=1S/C11H15BN2O5/c1-6(5-9(15)16)13-10-7(12)3-4-8(19-2)11(10)14(17)18/h3-4,6,13H,5,12H2,1-2H3,(H,15,16)/t6-/m1/s1. The van der Waals surface area contributed by atoms with Crippen LogP contribution in [0, 0.1) is 10.1 Å². The van der Waals surface area contributed by atoms with Crippen LogP contribution < -0.4 is 15.5 Å². The SMILES string of the molecule is Bc1ccc(OC)c([N+](=O)[O-])c1N[C@H](C)CC(=O)O. The Hall–Kier alpha value is -2.25. The van der Waals surface area contributed by atoms with Gasteiger partial charge in [0.1, 0.15) is 13.5 Å². The quantitative estimate of drug-likeness (QED) is 0.431. The first-order valence-corrected chi connectivity index (χ1v) is 5.67. The van der Waals surface area contributed by atoms with Crippen LogP contribution in [0.3, 0.4) is 0 Å². The number of carbonyl (C=O) groups is 1. The fourth-order valence-electron chi connectivity index (χ4n) is 1.76. The molecule has 0 unspecified atom stereocenters. The molecule has 0 fully saturated rings. The van der Waals surface area contributed by atoms with Gasteiger partial charge in [-0.25, -0.2) is 0 Å². The van der Waals surface area contributed by atoms with E-state index in [1.165, 1.54) is 13.2 Å². The van der Waals surface area contributed by atoms with Crippen molar-refractivity contribution >= 4 is 30.7 Å². The van der Waals surface area contributed by atoms with Crippen molar-refractivity contribution in [1.82, 2.24) is 0 Å². The first-order chi connectivity index (χ1) is 8.86. The molecule has 7 nitrogen and oxygen atoms in total. The van der Waals surface area contributed by atoms with Gasteiger partial charge in [0.25, 0.3) is 0 Å². The molecular weight excluding hydrogens is 251 g/mol. The molecule has 19 heavy (non-hydrogen) atoms. The van der Waals surface area contributed by atoms with Gasteiger partial charge in [0.15, 0.2) is 5.75 Å². The van der Waals surface area contributed by atoms with E-state index in [4.69, 9.17) is 9.84 Å². The zero-order valence-corrected chi connectivity index (χ0v) is 11.0. The Balaban J connectivity index is 3.17. The van der Waals surface area contributed by atoms with Gasteiger partial charge in [0.2, 0.25) is 0 Å². The van der Waals surface area contributed by atoms with Crippen LogP contribution in [-0.4, -0.2) is 37.0 Å². The molecule has 1 atom stereocenters. The summed E-state index contributed by atoms with van der Waals surface area (Å²) in [7, 11) is 3.06. The highest BCUT2D eigenvalue weighted by molar-refractivity contribution is 6.36. The third kappa shape index (κ3) is 3.61. The molecule has 0 radical (unpaired) electrons. The highest BCUT2D eigenvalue weighted by Crippen LogP contribution is 2.33. The molecule has 1 aromatic rings. The first-order valence-electron chi connectivity index (χ1n) is 5.67. The number of nitrogens with zero attached hydrogens (tertiary/aromatic N) is 1. The van der Waals surface area contributed by atoms with E-state index in [1.54, 1.807) is 20.8 Å². The van der Waals surface area contributed by atoms with Crippen LogP contribution in [-0.2, 0) is 4.79 Å². The summed E-state index contributed by atoms with van der Waals surface area (Å²) in [6, 6.07) is 2.77. The van der Waals surface area contributed by atoms with Crippen LogP contribution in [0.25, 0.3) is 0 Å². The van der Waals surface area contributed by atoms with Gasteiger partial charge in [-0.3, -0.25) is 14.9 Å². The fraction of sp³-hybridized carbons (Fsp3) is 0.364. The number of benzene rings is 1. The molecule has 0 aliphatic rings. The Bertz CT molecular complexity index is 506. The van der Waals surface area contributed by atoms with Crippen molar-refractivity contribution in [2.24, 2.45) is 0 Å². The molecule has 0 spiro atoms. The van der Waals surface area contributed by atoms with Gasteiger partial charge in [-0.2, -0.15) is 0 Å². The minimum absolute atomic E-state index is 0.131. The molecule has 0 aliphatic carbocycles. The van der Waals surface area contributed by atoms with E-state index in [0.29, 0.717) is 5.46 Å². The molecule has 0 aliphatic heterocycles. The Morgan fingerprint density at radius 2 is 2.26 bits per heavy atom. The number of anilines is 1. The fourth-order valence-corrected chi connectivity index (χ4v) is 1.76. The molecule has 0 saturated carbocycles. The molecule has 0 bridgehead atoms. The van der Waals surface area contributed by atoms with Gasteiger partial charge in [0.05, 0.1) is 18.5 Å². The number of hydrogen-bond acceptors (Lipinski definition) is 5. The average molecular weight is 266 g/mol. The first kappa shape index (κ1) is 14.8. The predicted molar refractivity (Wildman–Crippen MR) is 73.2 cm³/mol. The number of nitro benzene ring substituents is 1. The molecule has 8 heteroatoms. The smallest absolute Gasteiger partial charge is 0.333 e. The number of nitrogens with one attached hydrogen (secondary N) is 1. The number of aliphatic carboxylic acids is 1. The summed E-state index contributed by atoms with van der Waals surface area (Å²) in [5.41, 5.74) is 0.766. The zero-order chi connectivity index (χ0) is 14.6. The summed E-state index contributed by atoms with van der Waals surface area (Å²) in [5.74, 6) is -0.830. The normalized spacial score (nSPS) is 11.7. The van der Waals surface area contributed by atoms with E-state index in [0.717, 1.165) is 0 Å². The van der Waals surface area contributed by atoms with Crippen molar-refractivity contribution in [3.05, 3.63) is 22.2 Å². The van der Waals surface area contributed by atoms with E-state index in [-0.39, 0.29) is 23.5 Å². The summed E-state index contributed by atoms with van der Waals surface area (Å²) in [6.07, 6.45) is -0.131. The second kappa shape index (κ2) is 6.08. The second-order valence-corrected chi connectivity index (χ2v) is 4.21. The molecule has 1 aromatic carbocycles. The van der Waals surface area contributed by atoms with Crippen LogP contribution >= 0.6 is 0 Å². The maximum atomic E-state index is 11.1. The van der Waals surface area contributed by atoms with Crippen molar-refractivity contribution in [3.8, 4) is 5.75 Å². The number of carboxylic acid groups (broad SMARTS) is 1. The molecule has 0 heterocycles. The van der Waals surface area contributed by atoms with Crippen LogP contribution in [0.4, 0.5) is 11.4 Å². The second-order valence-electron chi connectivity index (χ2n) is 4.21. The Labute approximate surface area is 111 Å². The third-order valence-corrected chi connectivity index (χ3v) is 2.62. The zero-order valence-electron chi connectivity index (χ0n) is 11.0. The van der Waals surface area contributed by atoms with Gasteiger partial charge < -0.3 is 15.2 Å². The third-order valence-electron chi connectivity index (χ3n) is 2.62. The predicted octanol–water partition coefficient (Wildman–Crippen LogP) is 0.137. The average Bonchev–Trinajstić information content (AvgIpc) is 2.29. The Kier molecular flexibility index (Phi) is 4.74. The van der Waals surface area contributed by atoms with Crippen molar-refractivity contribution < 1.29 is 19.6 Å². The number of methoxy groups -OCH3 is 1. The highest BCUT2D eigenvalue weighted by atomic mass is 16.6. The minimum atomic E-state index is -0.969. The molecule has 2 N–H and O–H groups in total. The number of carboxylic acids is 1. The molecule has 1 rings (SSSR count). The van der Waals surface area contributed by atoms with E-state index >= 15 is 0 Å². The van der Waals surface area contributed by atoms with Gasteiger partial charge in [-0.1, -0.05) is 11.5 Å². The number of nitro groups is 1. The van der Waals surface area contributed by atoms with Crippen molar-refractivity contribution in [3.63, 3.8) is 0 Å². The Morgan fingerprint density at radius 3 is 2.74 bits per heavy atom. The molecular formula is C11H15BN2O5. The van der Waals surface area contributed by atoms with E-state index in [9.17, 15) is 14.9 Å². The molecule has 0 saturated heterocycles. The summed E-state index contributed by atoms with van der Waals surface area (Å²) < 4.78 is 4.97. The molecule has 0 aromatic heterocycles. The molecule has 0 amide bonds. The maximum absolute atomic E-state index is 11.1. The Morgan fingerprint density at radius 1 is 1.63 bits per heavy atom. The maximum Gasteiger partial charge on any atom is 0.333 e. The summed E-state index contributed by atoms with van der Waals surface area (Å²) in [5, 5.41) is 22.7. The molecule has 102 valence electrons. The van der Waals surface area contributed by atoms with Gasteiger partial charge in [-0.05, 0) is 13.0 Å². The van der Waals surface area contributed by atoms with Crippen molar-refractivity contribution in [2.75, 3.05) is 12.4 Å². The number of hydrogen-bond donors (Lipinski definition) is 2. The van der Waals surface area contributed by atoms with Gasteiger partial charge in [0, 0.05) is 6.04 Å². The lowest BCUT2D eigenvalue weighted by Gasteiger charge is -2.16. The van der Waals surface area contributed by atoms with Gasteiger partial charge in [-0.15, -0.1) is 0 Å². The monoisotopic (exact) mass is 266 g/mol. The van der Waals surface area contributed by atoms with E-state index < -0.39 is 16.9 Å². The summed E-state index contributed by atoms with van der Waals surface area (Å²) >= 11 is 0. The van der Waals surface area contributed by atoms with Crippen LogP contribution in [0.5, 0.6) is 5.75 Å². The van der Waals surface area contributed by atoms with Gasteiger partial charge >= 0.3 is 11.7 Å². The van der Waals surface area contributed by atoms with E-state index in [2.05, 4.69) is 5.32 Å². The summed E-state index contributed by atoms with van der Waals surface area (Å²) in [4.78, 5) is 21.2. The van der Waals surface area contributed by atoms with Crippen LogP contribution in [0.1, 0.15) is 13.3 Å². The largest absolute Gasteiger partial charge is 0.490 e. The van der Waals surface area contributed by atoms with E-state index in [1.807, 2.05) is 0 Å². The van der Waals surface area contributed by atoms with Crippen LogP contribution in [0.15, 0.2) is 12.1 Å². The number of rotatable bonds is 6. The highest BCUT2D eigenvalue weighted by Gasteiger charge is 2.24. The minimum Gasteiger partial charge on any atom is -0.490 e. The van der Waals surface area contributed by atoms with Crippen molar-refractivity contribution in [1.29, 1.82) is 0 Å².